The summed E-state index contributed by atoms with van der Waals surface area (Å²) >= 11 is 1.88. The molecule has 0 fully saturated rings. The van der Waals surface area contributed by atoms with Gasteiger partial charge in [0, 0.05) is 9.58 Å². The van der Waals surface area contributed by atoms with Crippen molar-refractivity contribution in [1.29, 1.82) is 0 Å². The van der Waals surface area contributed by atoms with E-state index >= 15 is 0 Å². The third-order valence-corrected chi connectivity index (χ3v) is 3.07. The molecule has 0 amide bonds. The van der Waals surface area contributed by atoms with Crippen LogP contribution < -0.4 is 0 Å². The van der Waals surface area contributed by atoms with Gasteiger partial charge in [0.2, 0.25) is 0 Å². The van der Waals surface area contributed by atoms with E-state index in [0.29, 0.717) is 0 Å². The van der Waals surface area contributed by atoms with Crippen molar-refractivity contribution in [2.75, 3.05) is 0 Å². The van der Waals surface area contributed by atoms with Gasteiger partial charge in [-0.05, 0) is 30.9 Å². The number of rotatable bonds is 0. The van der Waals surface area contributed by atoms with Crippen LogP contribution in [0.15, 0.2) is 24.3 Å². The summed E-state index contributed by atoms with van der Waals surface area (Å²) in [5.41, 5.74) is 1.39. The highest BCUT2D eigenvalue weighted by Gasteiger charge is 1.98. The summed E-state index contributed by atoms with van der Waals surface area (Å²) in [5.74, 6) is 0. The molecule has 1 heterocycles. The summed E-state index contributed by atoms with van der Waals surface area (Å²) in [4.78, 5) is 1.40. The largest absolute Gasteiger partial charge is 0.140 e. The molecule has 56 valence electrons. The average molecular weight is 162 g/mol. The molecule has 1 heteroatoms. The molecular formula is C10H10S. The van der Waals surface area contributed by atoms with Gasteiger partial charge < -0.3 is 0 Å². The Morgan fingerprint density at radius 1 is 1.18 bits per heavy atom. The van der Waals surface area contributed by atoms with Gasteiger partial charge in [-0.2, -0.15) is 0 Å². The van der Waals surface area contributed by atoms with E-state index in [1.807, 2.05) is 11.3 Å². The quantitative estimate of drug-likeness (QED) is 0.556. The van der Waals surface area contributed by atoms with Gasteiger partial charge in [0.05, 0.1) is 0 Å². The molecular weight excluding hydrogens is 152 g/mol. The average Bonchev–Trinajstić information content (AvgIpc) is 2.31. The Bertz CT molecular complexity index is 385. The van der Waals surface area contributed by atoms with Crippen molar-refractivity contribution in [1.82, 2.24) is 0 Å². The zero-order valence-corrected chi connectivity index (χ0v) is 7.53. The van der Waals surface area contributed by atoms with Crippen molar-refractivity contribution in [3.63, 3.8) is 0 Å². The first-order valence-electron chi connectivity index (χ1n) is 3.73. The first-order chi connectivity index (χ1) is 5.27. The second kappa shape index (κ2) is 2.35. The summed E-state index contributed by atoms with van der Waals surface area (Å²) in [6, 6.07) is 8.70. The second-order valence-corrected chi connectivity index (χ2v) is 4.11. The van der Waals surface area contributed by atoms with Gasteiger partial charge in [-0.25, -0.2) is 0 Å². The predicted molar refractivity (Wildman–Crippen MR) is 51.3 cm³/mol. The van der Waals surface area contributed by atoms with Crippen molar-refractivity contribution < 1.29 is 0 Å². The maximum absolute atomic E-state index is 2.24. The SMILES string of the molecule is Cc1cc2cccc(C)c2s1. The minimum Gasteiger partial charge on any atom is -0.140 e. The van der Waals surface area contributed by atoms with E-state index in [1.54, 1.807) is 0 Å². The Balaban J connectivity index is 2.90. The number of hydrogen-bond donors (Lipinski definition) is 0. The Morgan fingerprint density at radius 2 is 2.00 bits per heavy atom. The fourth-order valence-electron chi connectivity index (χ4n) is 1.34. The summed E-state index contributed by atoms with van der Waals surface area (Å²) in [7, 11) is 0. The van der Waals surface area contributed by atoms with Crippen LogP contribution in [0.1, 0.15) is 10.4 Å². The van der Waals surface area contributed by atoms with Crippen LogP contribution in [0.3, 0.4) is 0 Å². The number of benzene rings is 1. The van der Waals surface area contributed by atoms with E-state index in [-0.39, 0.29) is 0 Å². The molecule has 2 rings (SSSR count). The highest BCUT2D eigenvalue weighted by Crippen LogP contribution is 2.27. The molecule has 0 aliphatic heterocycles. The van der Waals surface area contributed by atoms with Crippen molar-refractivity contribution in [2.24, 2.45) is 0 Å². The van der Waals surface area contributed by atoms with Gasteiger partial charge in [-0.1, -0.05) is 18.2 Å². The highest BCUT2D eigenvalue weighted by molar-refractivity contribution is 7.19. The normalized spacial score (nSPS) is 10.7. The monoisotopic (exact) mass is 162 g/mol. The van der Waals surface area contributed by atoms with Crippen LogP contribution in [0.25, 0.3) is 10.1 Å². The lowest BCUT2D eigenvalue weighted by atomic mass is 10.2. The third kappa shape index (κ3) is 1.05. The third-order valence-electron chi connectivity index (χ3n) is 1.86. The molecule has 0 nitrogen and oxygen atoms in total. The van der Waals surface area contributed by atoms with Gasteiger partial charge in [0.1, 0.15) is 0 Å². The van der Waals surface area contributed by atoms with Crippen LogP contribution in [0, 0.1) is 13.8 Å². The van der Waals surface area contributed by atoms with Gasteiger partial charge >= 0.3 is 0 Å². The number of fused-ring (bicyclic) bond motifs is 1. The summed E-state index contributed by atoms with van der Waals surface area (Å²) in [6.45, 7) is 4.32. The van der Waals surface area contributed by atoms with Gasteiger partial charge in [-0.15, -0.1) is 11.3 Å². The molecule has 0 bridgehead atoms. The van der Waals surface area contributed by atoms with E-state index in [2.05, 4.69) is 38.1 Å². The number of aryl methyl sites for hydroxylation is 2. The molecule has 11 heavy (non-hydrogen) atoms. The van der Waals surface area contributed by atoms with Crippen LogP contribution >= 0.6 is 11.3 Å². The summed E-state index contributed by atoms with van der Waals surface area (Å²) < 4.78 is 1.44. The maximum Gasteiger partial charge on any atom is 0.0374 e. The lowest BCUT2D eigenvalue weighted by Gasteiger charge is -1.91. The molecule has 0 N–H and O–H groups in total. The van der Waals surface area contributed by atoms with Crippen LogP contribution in [0.2, 0.25) is 0 Å². The summed E-state index contributed by atoms with van der Waals surface area (Å²) in [5, 5.41) is 1.38. The smallest absolute Gasteiger partial charge is 0.0374 e. The first kappa shape index (κ1) is 6.86. The molecule has 2 aromatic rings. The molecule has 0 spiro atoms. The summed E-state index contributed by atoms with van der Waals surface area (Å²) in [6.07, 6.45) is 0. The highest BCUT2D eigenvalue weighted by atomic mass is 32.1. The standard InChI is InChI=1S/C10H10S/c1-7-4-3-5-9-6-8(2)11-10(7)9/h3-6H,1-2H3. The van der Waals surface area contributed by atoms with Crippen LogP contribution in [-0.4, -0.2) is 0 Å². The van der Waals surface area contributed by atoms with E-state index in [4.69, 9.17) is 0 Å². The predicted octanol–water partition coefficient (Wildman–Crippen LogP) is 3.52. The Kier molecular flexibility index (Phi) is 1.46. The minimum atomic E-state index is 1.38. The van der Waals surface area contributed by atoms with Crippen LogP contribution in [0.4, 0.5) is 0 Å². The van der Waals surface area contributed by atoms with Gasteiger partial charge in [0.25, 0.3) is 0 Å². The second-order valence-electron chi connectivity index (χ2n) is 2.85. The molecule has 0 aliphatic carbocycles. The fourth-order valence-corrected chi connectivity index (χ4v) is 2.32. The van der Waals surface area contributed by atoms with Gasteiger partial charge in [0.15, 0.2) is 0 Å². The molecule has 0 atom stereocenters. The topological polar surface area (TPSA) is 0 Å². The lowest BCUT2D eigenvalue weighted by molar-refractivity contribution is 1.56. The molecule has 1 aromatic heterocycles. The maximum atomic E-state index is 2.24. The van der Waals surface area contributed by atoms with E-state index in [0.717, 1.165) is 0 Å². The molecule has 0 aliphatic rings. The van der Waals surface area contributed by atoms with Gasteiger partial charge in [-0.3, -0.25) is 0 Å². The minimum absolute atomic E-state index is 1.38. The van der Waals surface area contributed by atoms with Crippen molar-refractivity contribution in [2.45, 2.75) is 13.8 Å². The van der Waals surface area contributed by atoms with Crippen LogP contribution in [0.5, 0.6) is 0 Å². The zero-order chi connectivity index (χ0) is 7.84. The van der Waals surface area contributed by atoms with Crippen molar-refractivity contribution in [3.05, 3.63) is 34.7 Å². The first-order valence-corrected chi connectivity index (χ1v) is 4.55. The fraction of sp³-hybridized carbons (Fsp3) is 0.200. The van der Waals surface area contributed by atoms with E-state index in [1.165, 1.54) is 20.5 Å². The Labute approximate surface area is 70.5 Å². The van der Waals surface area contributed by atoms with Crippen molar-refractivity contribution >= 4 is 21.4 Å². The Hall–Kier alpha value is -0.820. The lowest BCUT2D eigenvalue weighted by Crippen LogP contribution is -1.67. The van der Waals surface area contributed by atoms with Crippen molar-refractivity contribution in [3.8, 4) is 0 Å². The molecule has 0 saturated carbocycles. The number of thiophene rings is 1. The zero-order valence-electron chi connectivity index (χ0n) is 6.72. The molecule has 1 aromatic carbocycles. The van der Waals surface area contributed by atoms with Crippen LogP contribution in [-0.2, 0) is 0 Å². The van der Waals surface area contributed by atoms with E-state index < -0.39 is 0 Å². The molecule has 0 unspecified atom stereocenters. The molecule has 0 saturated heterocycles. The molecule has 0 radical (unpaired) electrons. The Morgan fingerprint density at radius 3 is 2.73 bits per heavy atom. The van der Waals surface area contributed by atoms with E-state index in [9.17, 15) is 0 Å². The number of hydrogen-bond acceptors (Lipinski definition) is 1.